The Balaban J connectivity index is 3.39. The second-order valence-corrected chi connectivity index (χ2v) is 2.14. The molecule has 0 aromatic rings. The van der Waals surface area contributed by atoms with Crippen LogP contribution in [0.5, 0.6) is 0 Å². The van der Waals surface area contributed by atoms with Crippen LogP contribution in [0.4, 0.5) is 0 Å². The molecule has 0 unspecified atom stereocenters. The molecule has 0 saturated carbocycles. The van der Waals surface area contributed by atoms with E-state index in [0.717, 1.165) is 0 Å². The minimum Gasteiger partial charge on any atom is -0.481 e. The highest BCUT2D eigenvalue weighted by Gasteiger charge is 2.12. The summed E-state index contributed by atoms with van der Waals surface area (Å²) in [6, 6.07) is 0. The van der Waals surface area contributed by atoms with Gasteiger partial charge in [0, 0.05) is 6.42 Å². The highest BCUT2D eigenvalue weighted by atomic mass is 16.4. The summed E-state index contributed by atoms with van der Waals surface area (Å²) in [7, 11) is 0. The molecule has 0 heterocycles. The average molecular weight is 162 g/mol. The van der Waals surface area contributed by atoms with E-state index in [1.165, 1.54) is 0 Å². The molecule has 0 spiro atoms. The van der Waals surface area contributed by atoms with Crippen LogP contribution in [0.2, 0.25) is 0 Å². The van der Waals surface area contributed by atoms with E-state index < -0.39 is 18.0 Å². The number of aliphatic hydroxyl groups excluding tert-OH is 1. The third kappa shape index (κ3) is 5.35. The average Bonchev–Trinajstić information content (AvgIpc) is 1.86. The molecule has 5 heteroatoms. The SMILES string of the molecule is O=C(O)CCC[C@H](O)C(=O)O. The van der Waals surface area contributed by atoms with Crippen molar-refractivity contribution in [2.24, 2.45) is 0 Å². The quantitative estimate of drug-likeness (QED) is 0.515. The van der Waals surface area contributed by atoms with E-state index in [4.69, 9.17) is 15.3 Å². The number of aliphatic hydroxyl groups is 1. The summed E-state index contributed by atoms with van der Waals surface area (Å²) in [5.74, 6) is -2.29. The maximum Gasteiger partial charge on any atom is 0.332 e. The van der Waals surface area contributed by atoms with Gasteiger partial charge in [0.25, 0.3) is 0 Å². The second kappa shape index (κ2) is 4.68. The molecule has 0 rings (SSSR count). The Kier molecular flexibility index (Phi) is 4.21. The van der Waals surface area contributed by atoms with Crippen molar-refractivity contribution in [1.29, 1.82) is 0 Å². The van der Waals surface area contributed by atoms with Gasteiger partial charge in [0.1, 0.15) is 0 Å². The minimum absolute atomic E-state index is 0.0123. The lowest BCUT2D eigenvalue weighted by Crippen LogP contribution is -2.19. The van der Waals surface area contributed by atoms with Gasteiger partial charge in [-0.1, -0.05) is 0 Å². The molecular formula is C6H10O5. The molecule has 5 nitrogen and oxygen atoms in total. The topological polar surface area (TPSA) is 94.8 Å². The molecule has 11 heavy (non-hydrogen) atoms. The van der Waals surface area contributed by atoms with E-state index in [-0.39, 0.29) is 19.3 Å². The molecule has 0 aliphatic rings. The van der Waals surface area contributed by atoms with Gasteiger partial charge >= 0.3 is 11.9 Å². The number of carboxylic acid groups (broad SMARTS) is 2. The smallest absolute Gasteiger partial charge is 0.332 e. The first-order chi connectivity index (χ1) is 5.04. The summed E-state index contributed by atoms with van der Waals surface area (Å²) >= 11 is 0. The molecule has 0 bridgehead atoms. The van der Waals surface area contributed by atoms with E-state index in [9.17, 15) is 9.59 Å². The summed E-state index contributed by atoms with van der Waals surface area (Å²) in [6.45, 7) is 0. The van der Waals surface area contributed by atoms with Gasteiger partial charge in [-0.25, -0.2) is 4.79 Å². The zero-order valence-electron chi connectivity index (χ0n) is 5.86. The van der Waals surface area contributed by atoms with Gasteiger partial charge in [-0.3, -0.25) is 4.79 Å². The standard InChI is InChI=1S/C6H10O5/c7-4(6(10)11)2-1-3-5(8)9/h4,7H,1-3H2,(H,8,9)(H,10,11)/t4-/m0/s1. The second-order valence-electron chi connectivity index (χ2n) is 2.14. The van der Waals surface area contributed by atoms with Crippen molar-refractivity contribution in [1.82, 2.24) is 0 Å². The van der Waals surface area contributed by atoms with Crippen LogP contribution in [0.1, 0.15) is 19.3 Å². The molecule has 0 saturated heterocycles. The molecule has 0 radical (unpaired) electrons. The number of carboxylic acids is 2. The van der Waals surface area contributed by atoms with Crippen LogP contribution in [0.15, 0.2) is 0 Å². The Morgan fingerprint density at radius 2 is 1.82 bits per heavy atom. The van der Waals surface area contributed by atoms with Crippen molar-refractivity contribution in [3.8, 4) is 0 Å². The van der Waals surface area contributed by atoms with Gasteiger partial charge in [-0.15, -0.1) is 0 Å². The highest BCUT2D eigenvalue weighted by Crippen LogP contribution is 2.00. The van der Waals surface area contributed by atoms with Crippen LogP contribution in [0.25, 0.3) is 0 Å². The zero-order chi connectivity index (χ0) is 8.85. The summed E-state index contributed by atoms with van der Waals surface area (Å²) in [5.41, 5.74) is 0. The van der Waals surface area contributed by atoms with E-state index in [0.29, 0.717) is 0 Å². The number of hydrogen-bond acceptors (Lipinski definition) is 3. The van der Waals surface area contributed by atoms with Crippen LogP contribution in [-0.4, -0.2) is 33.4 Å². The molecule has 3 N–H and O–H groups in total. The van der Waals surface area contributed by atoms with Gasteiger partial charge in [0.05, 0.1) is 0 Å². The molecule has 0 aromatic heterocycles. The normalized spacial score (nSPS) is 12.5. The Morgan fingerprint density at radius 1 is 1.27 bits per heavy atom. The summed E-state index contributed by atoms with van der Waals surface area (Å²) < 4.78 is 0. The van der Waals surface area contributed by atoms with Crippen molar-refractivity contribution in [3.63, 3.8) is 0 Å². The van der Waals surface area contributed by atoms with Gasteiger partial charge in [0.2, 0.25) is 0 Å². The lowest BCUT2D eigenvalue weighted by atomic mass is 10.1. The predicted molar refractivity (Wildman–Crippen MR) is 35.1 cm³/mol. The van der Waals surface area contributed by atoms with Crippen LogP contribution in [0.3, 0.4) is 0 Å². The van der Waals surface area contributed by atoms with Gasteiger partial charge in [0.15, 0.2) is 6.10 Å². The third-order valence-electron chi connectivity index (χ3n) is 1.15. The Morgan fingerprint density at radius 3 is 2.18 bits per heavy atom. The van der Waals surface area contributed by atoms with Crippen molar-refractivity contribution in [2.75, 3.05) is 0 Å². The molecule has 0 aromatic carbocycles. The Labute approximate surface area is 63.3 Å². The monoisotopic (exact) mass is 162 g/mol. The van der Waals surface area contributed by atoms with Crippen molar-refractivity contribution < 1.29 is 24.9 Å². The van der Waals surface area contributed by atoms with E-state index in [1.807, 2.05) is 0 Å². The maximum absolute atomic E-state index is 9.98. The van der Waals surface area contributed by atoms with Gasteiger partial charge in [-0.2, -0.15) is 0 Å². The number of rotatable bonds is 5. The van der Waals surface area contributed by atoms with Crippen LogP contribution >= 0.6 is 0 Å². The molecule has 0 amide bonds. The van der Waals surface area contributed by atoms with E-state index >= 15 is 0 Å². The minimum atomic E-state index is -1.44. The fourth-order valence-corrected chi connectivity index (χ4v) is 0.570. The molecular weight excluding hydrogens is 152 g/mol. The van der Waals surface area contributed by atoms with Gasteiger partial charge in [-0.05, 0) is 12.8 Å². The van der Waals surface area contributed by atoms with Crippen LogP contribution < -0.4 is 0 Å². The first-order valence-electron chi connectivity index (χ1n) is 3.16. The van der Waals surface area contributed by atoms with Crippen LogP contribution in [-0.2, 0) is 9.59 Å². The summed E-state index contributed by atoms with van der Waals surface area (Å²) in [5, 5.41) is 24.9. The number of aliphatic carboxylic acids is 2. The first-order valence-corrected chi connectivity index (χ1v) is 3.16. The van der Waals surface area contributed by atoms with E-state index in [1.54, 1.807) is 0 Å². The predicted octanol–water partition coefficient (Wildman–Crippen LogP) is -0.313. The van der Waals surface area contributed by atoms with E-state index in [2.05, 4.69) is 0 Å². The molecule has 1 atom stereocenters. The maximum atomic E-state index is 9.98. The van der Waals surface area contributed by atoms with Crippen molar-refractivity contribution >= 4 is 11.9 Å². The van der Waals surface area contributed by atoms with Crippen molar-refractivity contribution in [3.05, 3.63) is 0 Å². The van der Waals surface area contributed by atoms with Crippen LogP contribution in [0, 0.1) is 0 Å². The third-order valence-corrected chi connectivity index (χ3v) is 1.15. The highest BCUT2D eigenvalue weighted by molar-refractivity contribution is 5.72. The Bertz CT molecular complexity index is 153. The summed E-state index contributed by atoms with van der Waals surface area (Å²) in [4.78, 5) is 19.9. The summed E-state index contributed by atoms with van der Waals surface area (Å²) in [6.07, 6.45) is -1.37. The van der Waals surface area contributed by atoms with Gasteiger partial charge < -0.3 is 15.3 Å². The lowest BCUT2D eigenvalue weighted by molar-refractivity contribution is -0.147. The van der Waals surface area contributed by atoms with Crippen molar-refractivity contribution in [2.45, 2.75) is 25.4 Å². The Hall–Kier alpha value is -1.10. The fraction of sp³-hybridized carbons (Fsp3) is 0.667. The fourth-order valence-electron chi connectivity index (χ4n) is 0.570. The first kappa shape index (κ1) is 9.90. The zero-order valence-corrected chi connectivity index (χ0v) is 5.86. The molecule has 0 fully saturated rings. The lowest BCUT2D eigenvalue weighted by Gasteiger charge is -2.01. The molecule has 0 aliphatic heterocycles. The molecule has 0 aliphatic carbocycles. The number of carbonyl (C=O) groups is 2. The molecule has 64 valence electrons. The number of hydrogen-bond donors (Lipinski definition) is 3. The largest absolute Gasteiger partial charge is 0.481 e.